The number of ether oxygens (including phenoxy) is 2. The molecule has 1 aromatic rings. The van der Waals surface area contributed by atoms with Gasteiger partial charge < -0.3 is 9.47 Å². The van der Waals surface area contributed by atoms with Crippen LogP contribution in [0.15, 0.2) is 18.2 Å². The van der Waals surface area contributed by atoms with Gasteiger partial charge in [-0.2, -0.15) is 0 Å². The first kappa shape index (κ1) is 13.7. The summed E-state index contributed by atoms with van der Waals surface area (Å²) in [5.41, 5.74) is 0.591. The zero-order chi connectivity index (χ0) is 13.1. The Hall–Kier alpha value is -1.39. The van der Waals surface area contributed by atoms with Crippen molar-refractivity contribution in [2.24, 2.45) is 0 Å². The molecule has 0 amide bonds. The lowest BCUT2D eigenvalue weighted by Crippen LogP contribution is -2.18. The zero-order valence-electron chi connectivity index (χ0n) is 9.67. The molecule has 0 saturated heterocycles. The van der Waals surface area contributed by atoms with Crippen LogP contribution in [-0.4, -0.2) is 13.0 Å². The monoisotopic (exact) mass is 247 g/mol. The first-order chi connectivity index (χ1) is 7.85. The fourth-order valence-corrected chi connectivity index (χ4v) is 1.42. The molecule has 1 rings (SSSR count). The minimum absolute atomic E-state index is 0.106. The van der Waals surface area contributed by atoms with E-state index in [1.807, 2.05) is 0 Å². The third kappa shape index (κ3) is 3.84. The highest BCUT2D eigenvalue weighted by Gasteiger charge is 2.33. The van der Waals surface area contributed by atoms with Gasteiger partial charge >= 0.3 is 6.36 Å². The Bertz CT molecular complexity index is 373. The van der Waals surface area contributed by atoms with Gasteiger partial charge in [-0.3, -0.25) is 0 Å². The minimum Gasteiger partial charge on any atom is -0.490 e. The Morgan fingerprint density at radius 1 is 1.35 bits per heavy atom. The van der Waals surface area contributed by atoms with Crippen LogP contribution in [0.25, 0.3) is 0 Å². The second-order valence-corrected chi connectivity index (χ2v) is 3.56. The lowest BCUT2D eigenvalue weighted by atomic mass is 10.0. The van der Waals surface area contributed by atoms with Crippen molar-refractivity contribution >= 4 is 0 Å². The highest BCUT2D eigenvalue weighted by atomic mass is 19.4. The molecule has 1 radical (unpaired) electrons. The van der Waals surface area contributed by atoms with Crippen molar-refractivity contribution in [1.29, 1.82) is 0 Å². The molecule has 0 saturated carbocycles. The zero-order valence-corrected chi connectivity index (χ0v) is 9.67. The average Bonchev–Trinajstić information content (AvgIpc) is 2.18. The lowest BCUT2D eigenvalue weighted by Gasteiger charge is -2.18. The molecule has 1 unspecified atom stereocenters. The Morgan fingerprint density at radius 2 is 2.00 bits per heavy atom. The minimum atomic E-state index is -4.73. The largest absolute Gasteiger partial charge is 0.573 e. The van der Waals surface area contributed by atoms with E-state index < -0.39 is 6.36 Å². The number of para-hydroxylation sites is 1. The maximum atomic E-state index is 12.2. The maximum absolute atomic E-state index is 12.2. The van der Waals surface area contributed by atoms with E-state index in [0.29, 0.717) is 5.56 Å². The summed E-state index contributed by atoms with van der Waals surface area (Å²) >= 11 is 0. The van der Waals surface area contributed by atoms with Crippen LogP contribution in [0.3, 0.4) is 0 Å². The molecule has 1 aromatic carbocycles. The molecule has 0 aliphatic carbocycles. The van der Waals surface area contributed by atoms with Gasteiger partial charge in [-0.25, -0.2) is 0 Å². The molecule has 2 nitrogen and oxygen atoms in total. The SMILES string of the molecule is [CH2]C(C)c1cccc(OC(F)(F)F)c1OCC. The Morgan fingerprint density at radius 3 is 2.47 bits per heavy atom. The number of alkyl halides is 3. The van der Waals surface area contributed by atoms with E-state index in [1.165, 1.54) is 12.1 Å². The Labute approximate surface area is 98.3 Å². The molecule has 0 aromatic heterocycles. The van der Waals surface area contributed by atoms with E-state index in [0.717, 1.165) is 0 Å². The van der Waals surface area contributed by atoms with Gasteiger partial charge in [0.2, 0.25) is 0 Å². The molecular formula is C12H14F3O2. The lowest BCUT2D eigenvalue weighted by molar-refractivity contribution is -0.275. The van der Waals surface area contributed by atoms with Gasteiger partial charge in [-0.1, -0.05) is 19.1 Å². The predicted molar refractivity (Wildman–Crippen MR) is 58.1 cm³/mol. The van der Waals surface area contributed by atoms with E-state index in [1.54, 1.807) is 19.9 Å². The van der Waals surface area contributed by atoms with Crippen LogP contribution < -0.4 is 9.47 Å². The standard InChI is InChI=1S/C12H14F3O2/c1-4-16-11-9(8(2)3)6-5-7-10(11)17-12(13,14)15/h5-8H,2,4H2,1,3H3. The van der Waals surface area contributed by atoms with Crippen molar-refractivity contribution in [3.63, 3.8) is 0 Å². The molecular weight excluding hydrogens is 233 g/mol. The fraction of sp³-hybridized carbons (Fsp3) is 0.417. The van der Waals surface area contributed by atoms with Crippen LogP contribution in [0.4, 0.5) is 13.2 Å². The number of rotatable bonds is 4. The molecule has 95 valence electrons. The highest BCUT2D eigenvalue weighted by Crippen LogP contribution is 2.38. The molecule has 0 aliphatic heterocycles. The molecule has 0 spiro atoms. The molecule has 0 aliphatic rings. The summed E-state index contributed by atoms with van der Waals surface area (Å²) < 4.78 is 45.7. The van der Waals surface area contributed by atoms with Crippen molar-refractivity contribution in [2.45, 2.75) is 26.1 Å². The highest BCUT2D eigenvalue weighted by molar-refractivity contribution is 5.48. The summed E-state index contributed by atoms with van der Waals surface area (Å²) in [6.07, 6.45) is -4.73. The van der Waals surface area contributed by atoms with Gasteiger partial charge in [0, 0.05) is 5.56 Å². The summed E-state index contributed by atoms with van der Waals surface area (Å²) in [5.74, 6) is -0.407. The third-order valence-electron chi connectivity index (χ3n) is 2.05. The molecule has 0 bridgehead atoms. The summed E-state index contributed by atoms with van der Waals surface area (Å²) in [6.45, 7) is 7.50. The van der Waals surface area contributed by atoms with Crippen molar-refractivity contribution in [2.75, 3.05) is 6.61 Å². The topological polar surface area (TPSA) is 18.5 Å². The second-order valence-electron chi connectivity index (χ2n) is 3.56. The predicted octanol–water partition coefficient (Wildman–Crippen LogP) is 3.92. The van der Waals surface area contributed by atoms with Crippen molar-refractivity contribution in [1.82, 2.24) is 0 Å². The van der Waals surface area contributed by atoms with Crippen LogP contribution in [0, 0.1) is 6.92 Å². The molecule has 5 heteroatoms. The van der Waals surface area contributed by atoms with Gasteiger partial charge in [0.25, 0.3) is 0 Å². The smallest absolute Gasteiger partial charge is 0.490 e. The van der Waals surface area contributed by atoms with Crippen LogP contribution in [0.2, 0.25) is 0 Å². The van der Waals surface area contributed by atoms with Gasteiger partial charge in [-0.05, 0) is 25.8 Å². The van der Waals surface area contributed by atoms with E-state index in [9.17, 15) is 13.2 Å². The number of hydrogen-bond acceptors (Lipinski definition) is 2. The van der Waals surface area contributed by atoms with Crippen LogP contribution >= 0.6 is 0 Å². The Kier molecular flexibility index (Phi) is 4.26. The molecule has 0 heterocycles. The van der Waals surface area contributed by atoms with Gasteiger partial charge in [0.15, 0.2) is 11.5 Å². The van der Waals surface area contributed by atoms with Crippen LogP contribution in [0.1, 0.15) is 25.3 Å². The summed E-state index contributed by atoms with van der Waals surface area (Å²) in [7, 11) is 0. The number of halogens is 3. The average molecular weight is 247 g/mol. The Balaban J connectivity index is 3.15. The fourth-order valence-electron chi connectivity index (χ4n) is 1.42. The second kappa shape index (κ2) is 5.29. The maximum Gasteiger partial charge on any atom is 0.573 e. The number of benzene rings is 1. The number of hydrogen-bond donors (Lipinski definition) is 0. The van der Waals surface area contributed by atoms with Crippen molar-refractivity contribution in [3.8, 4) is 11.5 Å². The van der Waals surface area contributed by atoms with E-state index in [2.05, 4.69) is 11.7 Å². The van der Waals surface area contributed by atoms with E-state index >= 15 is 0 Å². The summed E-state index contributed by atoms with van der Waals surface area (Å²) in [6, 6.07) is 4.39. The van der Waals surface area contributed by atoms with Crippen LogP contribution in [0.5, 0.6) is 11.5 Å². The molecule has 0 N–H and O–H groups in total. The van der Waals surface area contributed by atoms with E-state index in [-0.39, 0.29) is 24.0 Å². The van der Waals surface area contributed by atoms with Crippen molar-refractivity contribution in [3.05, 3.63) is 30.7 Å². The normalized spacial score (nSPS) is 11.7. The van der Waals surface area contributed by atoms with Gasteiger partial charge in [0.1, 0.15) is 0 Å². The van der Waals surface area contributed by atoms with Gasteiger partial charge in [0.05, 0.1) is 6.61 Å². The van der Waals surface area contributed by atoms with Crippen molar-refractivity contribution < 1.29 is 22.6 Å². The molecule has 0 fully saturated rings. The quantitative estimate of drug-likeness (QED) is 0.802. The van der Waals surface area contributed by atoms with Gasteiger partial charge in [-0.15, -0.1) is 13.2 Å². The van der Waals surface area contributed by atoms with E-state index in [4.69, 9.17) is 4.74 Å². The summed E-state index contributed by atoms with van der Waals surface area (Å²) in [5, 5.41) is 0. The first-order valence-electron chi connectivity index (χ1n) is 5.19. The van der Waals surface area contributed by atoms with Crippen LogP contribution in [-0.2, 0) is 0 Å². The third-order valence-corrected chi connectivity index (χ3v) is 2.05. The molecule has 1 atom stereocenters. The summed E-state index contributed by atoms with van der Waals surface area (Å²) in [4.78, 5) is 0. The molecule has 17 heavy (non-hydrogen) atoms. The first-order valence-corrected chi connectivity index (χ1v) is 5.19.